The van der Waals surface area contributed by atoms with E-state index in [1.807, 2.05) is 30.6 Å². The molecule has 0 saturated carbocycles. The smallest absolute Gasteiger partial charge is 0.321 e. The second kappa shape index (κ2) is 10.1. The average molecular weight is 489 g/mol. The number of anilines is 2. The van der Waals surface area contributed by atoms with Gasteiger partial charge in [0.1, 0.15) is 5.82 Å². The van der Waals surface area contributed by atoms with E-state index in [-0.39, 0.29) is 23.9 Å². The molecule has 1 saturated heterocycles. The highest BCUT2D eigenvalue weighted by molar-refractivity contribution is 5.78. The topological polar surface area (TPSA) is 103 Å². The fourth-order valence-corrected chi connectivity index (χ4v) is 5.04. The Morgan fingerprint density at radius 2 is 2.06 bits per heavy atom. The van der Waals surface area contributed by atoms with Gasteiger partial charge in [0.2, 0.25) is 0 Å². The van der Waals surface area contributed by atoms with Crippen LogP contribution < -0.4 is 5.32 Å². The standard InChI is InChI=1S/C24H37FN8O2/c1-7-19-26-11-18(25)22(27-19)28-21-17-14-33(24(4,5)20(17)29-30-21)23(34)32-13-15(2)31(12-16(32)3)9-8-10-35-6/h11,15-16H,7-10,12-14H2,1-6H3,(H2,26,27,28,29,30)/t15-,16+/m1/s1. The van der Waals surface area contributed by atoms with Crippen LogP contribution in [0.4, 0.5) is 20.8 Å². The molecule has 4 heterocycles. The van der Waals surface area contributed by atoms with Crippen molar-refractivity contribution >= 4 is 17.7 Å². The zero-order chi connectivity index (χ0) is 25.3. The minimum absolute atomic E-state index is 0.00271. The molecule has 2 N–H and O–H groups in total. The molecule has 0 unspecified atom stereocenters. The number of hydrogen-bond acceptors (Lipinski definition) is 7. The van der Waals surface area contributed by atoms with Crippen molar-refractivity contribution < 1.29 is 13.9 Å². The van der Waals surface area contributed by atoms with Crippen molar-refractivity contribution in [3.63, 3.8) is 0 Å². The number of aromatic amines is 1. The molecule has 1 fully saturated rings. The molecule has 0 aromatic carbocycles. The minimum Gasteiger partial charge on any atom is -0.385 e. The molecule has 2 aromatic rings. The lowest BCUT2D eigenvalue weighted by Crippen LogP contribution is -2.61. The first-order valence-corrected chi connectivity index (χ1v) is 12.3. The van der Waals surface area contributed by atoms with Crippen LogP contribution in [0.2, 0.25) is 0 Å². The molecule has 0 aliphatic carbocycles. The summed E-state index contributed by atoms with van der Waals surface area (Å²) in [5, 5.41) is 10.5. The van der Waals surface area contributed by atoms with Crippen LogP contribution in [0, 0.1) is 5.82 Å². The number of methoxy groups -OCH3 is 1. The minimum atomic E-state index is -0.587. The van der Waals surface area contributed by atoms with Crippen LogP contribution >= 0.6 is 0 Å². The number of ether oxygens (including phenoxy) is 1. The van der Waals surface area contributed by atoms with Crippen LogP contribution in [0.1, 0.15) is 58.1 Å². The summed E-state index contributed by atoms with van der Waals surface area (Å²) in [6, 6.07) is 0.361. The Morgan fingerprint density at radius 1 is 1.29 bits per heavy atom. The van der Waals surface area contributed by atoms with Crippen LogP contribution in [0.3, 0.4) is 0 Å². The van der Waals surface area contributed by atoms with Crippen LogP contribution in [-0.4, -0.2) is 86.3 Å². The first-order chi connectivity index (χ1) is 16.7. The van der Waals surface area contributed by atoms with E-state index in [4.69, 9.17) is 4.74 Å². The number of carbonyl (C=O) groups excluding carboxylic acids is 1. The molecule has 0 radical (unpaired) electrons. The first kappa shape index (κ1) is 25.3. The molecule has 2 aliphatic heterocycles. The highest BCUT2D eigenvalue weighted by Crippen LogP contribution is 2.42. The summed E-state index contributed by atoms with van der Waals surface area (Å²) >= 11 is 0. The zero-order valence-corrected chi connectivity index (χ0v) is 21.6. The van der Waals surface area contributed by atoms with E-state index in [1.54, 1.807) is 7.11 Å². The van der Waals surface area contributed by atoms with Crippen LogP contribution in [0.25, 0.3) is 0 Å². The highest BCUT2D eigenvalue weighted by Gasteiger charge is 2.46. The Labute approximate surface area is 206 Å². The molecule has 10 nitrogen and oxygen atoms in total. The average Bonchev–Trinajstić information content (AvgIpc) is 3.34. The number of halogens is 1. The Hall–Kier alpha value is -2.79. The summed E-state index contributed by atoms with van der Waals surface area (Å²) in [6.45, 7) is 13.8. The number of nitrogens with zero attached hydrogens (tertiary/aromatic N) is 6. The summed E-state index contributed by atoms with van der Waals surface area (Å²) in [7, 11) is 1.72. The van der Waals surface area contributed by atoms with Crippen molar-refractivity contribution in [1.82, 2.24) is 34.9 Å². The monoisotopic (exact) mass is 488 g/mol. The van der Waals surface area contributed by atoms with Crippen LogP contribution in [-0.2, 0) is 23.2 Å². The van der Waals surface area contributed by atoms with Gasteiger partial charge in [0.25, 0.3) is 0 Å². The van der Waals surface area contributed by atoms with Gasteiger partial charge < -0.3 is 19.9 Å². The molecule has 2 amide bonds. The Bertz CT molecular complexity index is 1060. The fourth-order valence-electron chi connectivity index (χ4n) is 5.04. The molecule has 0 spiro atoms. The zero-order valence-electron chi connectivity index (χ0n) is 21.6. The van der Waals surface area contributed by atoms with E-state index < -0.39 is 11.4 Å². The lowest BCUT2D eigenvalue weighted by atomic mass is 10.0. The number of nitrogens with one attached hydrogen (secondary N) is 2. The van der Waals surface area contributed by atoms with Crippen LogP contribution in [0.15, 0.2) is 6.20 Å². The Kier molecular flexibility index (Phi) is 7.27. The van der Waals surface area contributed by atoms with E-state index in [0.717, 1.165) is 43.6 Å². The third-order valence-corrected chi connectivity index (χ3v) is 7.20. The largest absolute Gasteiger partial charge is 0.385 e. The molecule has 0 bridgehead atoms. The summed E-state index contributed by atoms with van der Waals surface area (Å²) in [4.78, 5) is 28.3. The lowest BCUT2D eigenvalue weighted by molar-refractivity contribution is 0.0315. The third kappa shape index (κ3) is 4.84. The lowest BCUT2D eigenvalue weighted by Gasteiger charge is -2.46. The number of piperazine rings is 1. The number of aromatic nitrogens is 4. The fraction of sp³-hybridized carbons (Fsp3) is 0.667. The summed E-state index contributed by atoms with van der Waals surface area (Å²) in [6.07, 6.45) is 2.74. The van der Waals surface area contributed by atoms with Gasteiger partial charge in [0, 0.05) is 57.4 Å². The second-order valence-corrected chi connectivity index (χ2v) is 10.0. The summed E-state index contributed by atoms with van der Waals surface area (Å²) < 4.78 is 19.5. The van der Waals surface area contributed by atoms with Crippen molar-refractivity contribution in [2.24, 2.45) is 0 Å². The SMILES string of the molecule is CCc1ncc(F)c(Nc2n[nH]c3c2CN(C(=O)N2C[C@@H](C)N(CCCOC)C[C@@H]2C)C3(C)C)n1. The van der Waals surface area contributed by atoms with Crippen molar-refractivity contribution in [2.45, 2.75) is 71.6 Å². The number of urea groups is 1. The van der Waals surface area contributed by atoms with E-state index in [2.05, 4.69) is 44.2 Å². The third-order valence-electron chi connectivity index (χ3n) is 7.20. The summed E-state index contributed by atoms with van der Waals surface area (Å²) in [5.41, 5.74) is 1.10. The summed E-state index contributed by atoms with van der Waals surface area (Å²) in [5.74, 6) is 0.561. The Morgan fingerprint density at radius 3 is 2.77 bits per heavy atom. The number of fused-ring (bicyclic) bond motifs is 1. The van der Waals surface area contributed by atoms with E-state index in [1.165, 1.54) is 0 Å². The number of H-pyrrole nitrogens is 1. The molecular formula is C24H37FN8O2. The number of rotatable bonds is 7. The van der Waals surface area contributed by atoms with Gasteiger partial charge in [-0.15, -0.1) is 0 Å². The van der Waals surface area contributed by atoms with Crippen LogP contribution in [0.5, 0.6) is 0 Å². The van der Waals surface area contributed by atoms with Gasteiger partial charge in [0.15, 0.2) is 17.5 Å². The number of aryl methyl sites for hydroxylation is 1. The predicted molar refractivity (Wildman–Crippen MR) is 131 cm³/mol. The number of carbonyl (C=O) groups is 1. The predicted octanol–water partition coefficient (Wildman–Crippen LogP) is 3.25. The van der Waals surface area contributed by atoms with E-state index >= 15 is 0 Å². The van der Waals surface area contributed by atoms with Crippen molar-refractivity contribution in [3.05, 3.63) is 29.1 Å². The van der Waals surface area contributed by atoms with Gasteiger partial charge in [-0.05, 0) is 34.1 Å². The highest BCUT2D eigenvalue weighted by atomic mass is 19.1. The number of amides is 2. The molecule has 4 rings (SSSR count). The molecule has 2 aromatic heterocycles. The van der Waals surface area contributed by atoms with E-state index in [9.17, 15) is 9.18 Å². The molecule has 11 heteroatoms. The van der Waals surface area contributed by atoms with Crippen molar-refractivity contribution in [1.29, 1.82) is 0 Å². The van der Waals surface area contributed by atoms with Gasteiger partial charge in [-0.2, -0.15) is 5.10 Å². The normalized spacial score (nSPS) is 21.9. The van der Waals surface area contributed by atoms with Crippen molar-refractivity contribution in [3.8, 4) is 0 Å². The van der Waals surface area contributed by atoms with Gasteiger partial charge >= 0.3 is 6.03 Å². The van der Waals surface area contributed by atoms with Gasteiger partial charge in [-0.1, -0.05) is 6.92 Å². The second-order valence-electron chi connectivity index (χ2n) is 10.0. The number of hydrogen-bond donors (Lipinski definition) is 2. The molecule has 35 heavy (non-hydrogen) atoms. The maximum Gasteiger partial charge on any atom is 0.321 e. The van der Waals surface area contributed by atoms with Crippen molar-refractivity contribution in [2.75, 3.05) is 38.7 Å². The Balaban J connectivity index is 1.50. The first-order valence-electron chi connectivity index (χ1n) is 12.3. The maximum atomic E-state index is 14.4. The maximum absolute atomic E-state index is 14.4. The molecular weight excluding hydrogens is 451 g/mol. The van der Waals surface area contributed by atoms with E-state index in [0.29, 0.717) is 31.2 Å². The van der Waals surface area contributed by atoms with Gasteiger partial charge in [-0.3, -0.25) is 10.00 Å². The molecule has 192 valence electrons. The molecule has 2 atom stereocenters. The van der Waals surface area contributed by atoms with Gasteiger partial charge in [-0.25, -0.2) is 19.2 Å². The molecule has 2 aliphatic rings. The quantitative estimate of drug-likeness (QED) is 0.577. The van der Waals surface area contributed by atoms with Gasteiger partial charge in [0.05, 0.1) is 24.0 Å².